The first-order valence-corrected chi connectivity index (χ1v) is 7.79. The maximum Gasteiger partial charge on any atom is 0.145 e. The van der Waals surface area contributed by atoms with Crippen molar-refractivity contribution in [3.05, 3.63) is 16.7 Å². The molecule has 0 atom stereocenters. The Bertz CT molecular complexity index is 533. The Labute approximate surface area is 90.5 Å². The van der Waals surface area contributed by atoms with Crippen molar-refractivity contribution in [2.45, 2.75) is 0 Å². The van der Waals surface area contributed by atoms with E-state index in [0.29, 0.717) is 16.0 Å². The molecule has 2 aromatic rings. The monoisotopic (exact) mass is 246 g/mol. The molecule has 0 saturated carbocycles. The highest BCUT2D eigenvalue weighted by Gasteiger charge is 2.18. The molecule has 0 spiro atoms. The van der Waals surface area contributed by atoms with Gasteiger partial charge >= 0.3 is 0 Å². The molecule has 0 N–H and O–H groups in total. The molecule has 0 saturated heterocycles. The van der Waals surface area contributed by atoms with E-state index < -0.39 is 7.14 Å². The molecule has 0 aliphatic rings. The minimum absolute atomic E-state index is 0.376. The molecule has 2 rings (SSSR count). The number of fused-ring (bicyclic) bond motifs is 1. The molecule has 0 fully saturated rings. The lowest BCUT2D eigenvalue weighted by molar-refractivity contribution is 0.588. The molecule has 0 aliphatic carbocycles. The van der Waals surface area contributed by atoms with Crippen molar-refractivity contribution >= 4 is 45.7 Å². The number of thiazole rings is 1. The summed E-state index contributed by atoms with van der Waals surface area (Å²) in [7, 11) is -2.34. The highest BCUT2D eigenvalue weighted by Crippen LogP contribution is 2.38. The summed E-state index contributed by atoms with van der Waals surface area (Å²) >= 11 is 7.24. The van der Waals surface area contributed by atoms with Gasteiger partial charge < -0.3 is 4.57 Å². The smallest absolute Gasteiger partial charge is 0.145 e. The molecule has 3 nitrogen and oxygen atoms in total. The Balaban J connectivity index is 2.87. The van der Waals surface area contributed by atoms with E-state index in [4.69, 9.17) is 11.6 Å². The quantitative estimate of drug-likeness (QED) is 0.574. The minimum Gasteiger partial charge on any atom is -0.319 e. The van der Waals surface area contributed by atoms with E-state index in [1.54, 1.807) is 24.9 Å². The second-order valence-electron chi connectivity index (χ2n) is 3.32. The molecule has 6 heteroatoms. The molecule has 0 aromatic carbocycles. The van der Waals surface area contributed by atoms with Gasteiger partial charge in [-0.2, -0.15) is 0 Å². The molecule has 14 heavy (non-hydrogen) atoms. The fourth-order valence-corrected chi connectivity index (χ4v) is 3.40. The predicted octanol–water partition coefficient (Wildman–Crippen LogP) is 2.59. The van der Waals surface area contributed by atoms with Crippen LogP contribution >= 0.6 is 30.1 Å². The van der Waals surface area contributed by atoms with Crippen LogP contribution in [0.3, 0.4) is 0 Å². The lowest BCUT2D eigenvalue weighted by Gasteiger charge is -2.07. The Morgan fingerprint density at radius 3 is 2.86 bits per heavy atom. The van der Waals surface area contributed by atoms with Gasteiger partial charge in [0, 0.05) is 5.30 Å². The number of rotatable bonds is 1. The average Bonchev–Trinajstić information content (AvgIpc) is 2.47. The standard InChI is InChI=1S/C8H8ClN2OPS/c1-13(2,12)5-3-6(9)11-8-7(5)10-4-14-8/h3-4H,1-2H3. The maximum absolute atomic E-state index is 12.0. The van der Waals surface area contributed by atoms with Crippen LogP contribution in [0.5, 0.6) is 0 Å². The van der Waals surface area contributed by atoms with E-state index in [9.17, 15) is 4.57 Å². The fourth-order valence-electron chi connectivity index (χ4n) is 1.22. The molecular formula is C8H8ClN2OPS. The topological polar surface area (TPSA) is 42.9 Å². The summed E-state index contributed by atoms with van der Waals surface area (Å²) in [6.45, 7) is 3.41. The third-order valence-electron chi connectivity index (χ3n) is 1.84. The summed E-state index contributed by atoms with van der Waals surface area (Å²) in [6.07, 6.45) is 0. The molecule has 2 heterocycles. The van der Waals surface area contributed by atoms with Crippen LogP contribution in [0.15, 0.2) is 11.6 Å². The van der Waals surface area contributed by atoms with E-state index in [0.717, 1.165) is 4.83 Å². The van der Waals surface area contributed by atoms with Gasteiger partial charge in [0.15, 0.2) is 0 Å². The van der Waals surface area contributed by atoms with Gasteiger partial charge in [-0.25, -0.2) is 9.97 Å². The predicted molar refractivity (Wildman–Crippen MR) is 61.5 cm³/mol. The molecule has 2 aromatic heterocycles. The second kappa shape index (κ2) is 3.30. The zero-order valence-electron chi connectivity index (χ0n) is 7.69. The molecular weight excluding hydrogens is 239 g/mol. The largest absolute Gasteiger partial charge is 0.319 e. The number of hydrogen-bond donors (Lipinski definition) is 0. The third-order valence-corrected chi connectivity index (χ3v) is 4.25. The van der Waals surface area contributed by atoms with Crippen LogP contribution in [-0.2, 0) is 4.57 Å². The normalized spacial score (nSPS) is 12.2. The molecule has 0 aliphatic heterocycles. The summed E-state index contributed by atoms with van der Waals surface area (Å²) in [5.74, 6) is 0. The van der Waals surface area contributed by atoms with Crippen molar-refractivity contribution < 1.29 is 4.57 Å². The lowest BCUT2D eigenvalue weighted by atomic mass is 10.4. The number of nitrogens with zero attached hydrogens (tertiary/aromatic N) is 2. The van der Waals surface area contributed by atoms with E-state index in [1.807, 2.05) is 0 Å². The highest BCUT2D eigenvalue weighted by atomic mass is 35.5. The van der Waals surface area contributed by atoms with Crippen molar-refractivity contribution in [1.29, 1.82) is 0 Å². The van der Waals surface area contributed by atoms with Gasteiger partial charge in [0.2, 0.25) is 0 Å². The maximum atomic E-state index is 12.0. The van der Waals surface area contributed by atoms with Crippen molar-refractivity contribution in [2.24, 2.45) is 0 Å². The molecule has 0 unspecified atom stereocenters. The van der Waals surface area contributed by atoms with Crippen LogP contribution in [0.2, 0.25) is 5.15 Å². The summed E-state index contributed by atoms with van der Waals surface area (Å²) in [5.41, 5.74) is 2.40. The molecule has 74 valence electrons. The Kier molecular flexibility index (Phi) is 2.38. The summed E-state index contributed by atoms with van der Waals surface area (Å²) < 4.78 is 12.0. The van der Waals surface area contributed by atoms with E-state index in [1.165, 1.54) is 11.3 Å². The van der Waals surface area contributed by atoms with Crippen molar-refractivity contribution in [3.8, 4) is 0 Å². The van der Waals surface area contributed by atoms with Crippen LogP contribution < -0.4 is 5.30 Å². The van der Waals surface area contributed by atoms with Gasteiger partial charge in [-0.05, 0) is 19.4 Å². The van der Waals surface area contributed by atoms with Gasteiger partial charge in [-0.15, -0.1) is 11.3 Å². The Morgan fingerprint density at radius 1 is 1.50 bits per heavy atom. The zero-order chi connectivity index (χ0) is 10.3. The van der Waals surface area contributed by atoms with Gasteiger partial charge in [0.25, 0.3) is 0 Å². The minimum atomic E-state index is -2.34. The lowest BCUT2D eigenvalue weighted by Crippen LogP contribution is -2.05. The number of pyridine rings is 1. The SMILES string of the molecule is CP(C)(=O)c1cc(Cl)nc2scnc12. The first kappa shape index (κ1) is 10.1. The van der Waals surface area contributed by atoms with Gasteiger partial charge in [-0.3, -0.25) is 0 Å². The van der Waals surface area contributed by atoms with Crippen LogP contribution in [0.1, 0.15) is 0 Å². The number of hydrogen-bond acceptors (Lipinski definition) is 4. The first-order chi connectivity index (χ1) is 6.48. The average molecular weight is 247 g/mol. The van der Waals surface area contributed by atoms with Gasteiger partial charge in [-0.1, -0.05) is 11.6 Å². The molecule has 0 amide bonds. The van der Waals surface area contributed by atoms with Crippen molar-refractivity contribution in [1.82, 2.24) is 9.97 Å². The molecule has 0 radical (unpaired) electrons. The Hall–Kier alpha value is -0.440. The summed E-state index contributed by atoms with van der Waals surface area (Å²) in [4.78, 5) is 9.01. The van der Waals surface area contributed by atoms with E-state index >= 15 is 0 Å². The van der Waals surface area contributed by atoms with E-state index in [-0.39, 0.29) is 0 Å². The van der Waals surface area contributed by atoms with Crippen molar-refractivity contribution in [3.63, 3.8) is 0 Å². The first-order valence-electron chi connectivity index (χ1n) is 3.94. The number of halogens is 1. The van der Waals surface area contributed by atoms with Crippen molar-refractivity contribution in [2.75, 3.05) is 13.3 Å². The molecule has 0 bridgehead atoms. The van der Waals surface area contributed by atoms with Gasteiger partial charge in [0.1, 0.15) is 22.6 Å². The highest BCUT2D eigenvalue weighted by molar-refractivity contribution is 7.70. The van der Waals surface area contributed by atoms with Crippen LogP contribution in [0.4, 0.5) is 0 Å². The zero-order valence-corrected chi connectivity index (χ0v) is 10.2. The summed E-state index contributed by atoms with van der Waals surface area (Å²) in [5, 5.41) is 1.09. The number of aromatic nitrogens is 2. The third kappa shape index (κ3) is 1.70. The summed E-state index contributed by atoms with van der Waals surface area (Å²) in [6, 6.07) is 1.64. The van der Waals surface area contributed by atoms with Gasteiger partial charge in [0.05, 0.1) is 5.51 Å². The Morgan fingerprint density at radius 2 is 2.21 bits per heavy atom. The van der Waals surface area contributed by atoms with E-state index in [2.05, 4.69) is 9.97 Å². The van der Waals surface area contributed by atoms with Crippen LogP contribution in [-0.4, -0.2) is 23.3 Å². The fraction of sp³-hybridized carbons (Fsp3) is 0.250. The van der Waals surface area contributed by atoms with Crippen LogP contribution in [0, 0.1) is 0 Å². The second-order valence-corrected chi connectivity index (χ2v) is 7.73. The van der Waals surface area contributed by atoms with Crippen LogP contribution in [0.25, 0.3) is 10.3 Å².